The van der Waals surface area contributed by atoms with Gasteiger partial charge in [0.1, 0.15) is 10.7 Å². The third-order valence-corrected chi connectivity index (χ3v) is 4.17. The predicted octanol–water partition coefficient (Wildman–Crippen LogP) is 1.40. The fourth-order valence-electron chi connectivity index (χ4n) is 1.74. The average Bonchev–Trinajstić information content (AvgIpc) is 2.73. The van der Waals surface area contributed by atoms with Gasteiger partial charge in [-0.2, -0.15) is 0 Å². The summed E-state index contributed by atoms with van der Waals surface area (Å²) in [6.45, 7) is 0. The predicted molar refractivity (Wildman–Crippen MR) is 63.3 cm³/mol. The highest BCUT2D eigenvalue weighted by molar-refractivity contribution is 7.89. The van der Waals surface area contributed by atoms with Crippen LogP contribution in [0.3, 0.4) is 0 Å². The molecule has 3 N–H and O–H groups in total. The van der Waals surface area contributed by atoms with Gasteiger partial charge in [0.15, 0.2) is 0 Å². The minimum atomic E-state index is -3.75. The van der Waals surface area contributed by atoms with Crippen LogP contribution in [0, 0.1) is 5.82 Å². The summed E-state index contributed by atoms with van der Waals surface area (Å²) in [6, 6.07) is 3.14. The lowest BCUT2D eigenvalue weighted by Crippen LogP contribution is -2.33. The second kappa shape index (κ2) is 4.46. The average molecular weight is 256 g/mol. The molecule has 1 aliphatic carbocycles. The van der Waals surface area contributed by atoms with E-state index in [0.717, 1.165) is 12.1 Å². The van der Waals surface area contributed by atoms with E-state index in [-0.39, 0.29) is 16.6 Å². The Morgan fingerprint density at radius 1 is 1.29 bits per heavy atom. The zero-order valence-electron chi connectivity index (χ0n) is 9.06. The van der Waals surface area contributed by atoms with Gasteiger partial charge in [0.05, 0.1) is 5.69 Å². The fourth-order valence-corrected chi connectivity index (χ4v) is 3.14. The molecule has 17 heavy (non-hydrogen) atoms. The summed E-state index contributed by atoms with van der Waals surface area (Å²) in [4.78, 5) is -0.204. The van der Waals surface area contributed by atoms with Crippen LogP contribution in [0.1, 0.15) is 12.8 Å². The van der Waals surface area contributed by atoms with Gasteiger partial charge in [-0.1, -0.05) is 12.2 Å². The van der Waals surface area contributed by atoms with E-state index in [2.05, 4.69) is 4.72 Å². The summed E-state index contributed by atoms with van der Waals surface area (Å²) < 4.78 is 39.5. The number of rotatable bonds is 3. The Bertz CT molecular complexity index is 547. The Morgan fingerprint density at radius 2 is 1.94 bits per heavy atom. The lowest BCUT2D eigenvalue weighted by Gasteiger charge is -2.13. The molecular weight excluding hydrogens is 243 g/mol. The molecule has 0 unspecified atom stereocenters. The van der Waals surface area contributed by atoms with Crippen molar-refractivity contribution in [3.63, 3.8) is 0 Å². The van der Waals surface area contributed by atoms with Gasteiger partial charge in [0.25, 0.3) is 0 Å². The van der Waals surface area contributed by atoms with E-state index in [1.165, 1.54) is 6.07 Å². The van der Waals surface area contributed by atoms with Crippen LogP contribution in [0.15, 0.2) is 35.2 Å². The van der Waals surface area contributed by atoms with Crippen molar-refractivity contribution in [3.8, 4) is 0 Å². The first-order valence-electron chi connectivity index (χ1n) is 5.21. The minimum Gasteiger partial charge on any atom is -0.398 e. The number of anilines is 1. The second-order valence-corrected chi connectivity index (χ2v) is 5.63. The van der Waals surface area contributed by atoms with Crippen molar-refractivity contribution >= 4 is 15.7 Å². The molecule has 0 fully saturated rings. The summed E-state index contributed by atoms with van der Waals surface area (Å²) in [5.74, 6) is -0.621. The number of halogens is 1. The Morgan fingerprint density at radius 3 is 2.59 bits per heavy atom. The van der Waals surface area contributed by atoms with Crippen molar-refractivity contribution in [1.82, 2.24) is 4.72 Å². The topological polar surface area (TPSA) is 72.2 Å². The number of benzene rings is 1. The lowest BCUT2D eigenvalue weighted by molar-refractivity contribution is 0.555. The zero-order valence-corrected chi connectivity index (χ0v) is 9.87. The molecule has 4 nitrogen and oxygen atoms in total. The van der Waals surface area contributed by atoms with E-state index in [1.807, 2.05) is 12.2 Å². The van der Waals surface area contributed by atoms with Crippen LogP contribution < -0.4 is 10.5 Å². The first-order chi connectivity index (χ1) is 7.99. The molecule has 1 aromatic rings. The zero-order chi connectivity index (χ0) is 12.5. The van der Waals surface area contributed by atoms with Crippen LogP contribution in [-0.4, -0.2) is 14.5 Å². The Labute approximate surface area is 99.4 Å². The highest BCUT2D eigenvalue weighted by Gasteiger charge is 2.23. The maximum absolute atomic E-state index is 13.0. The standard InChI is InChI=1S/C11H13FN2O2S/c12-8-5-6-10(13)11(7-8)17(15,16)14-9-3-1-2-4-9/h1-2,5-7,9,14H,3-4,13H2. The first-order valence-corrected chi connectivity index (χ1v) is 6.70. The molecule has 0 saturated heterocycles. The molecule has 0 bridgehead atoms. The normalized spacial score (nSPS) is 16.5. The van der Waals surface area contributed by atoms with Crippen LogP contribution in [0.2, 0.25) is 0 Å². The number of nitrogens with one attached hydrogen (secondary N) is 1. The van der Waals surface area contributed by atoms with Crippen molar-refractivity contribution < 1.29 is 12.8 Å². The summed E-state index contributed by atoms with van der Waals surface area (Å²) in [5.41, 5.74) is 5.59. The molecule has 1 aromatic carbocycles. The largest absolute Gasteiger partial charge is 0.398 e. The van der Waals surface area contributed by atoms with Crippen LogP contribution in [0.25, 0.3) is 0 Å². The Kier molecular flexibility index (Phi) is 3.17. The van der Waals surface area contributed by atoms with E-state index in [0.29, 0.717) is 12.8 Å². The third-order valence-electron chi connectivity index (χ3n) is 2.59. The van der Waals surface area contributed by atoms with Crippen LogP contribution in [0.5, 0.6) is 0 Å². The number of sulfonamides is 1. The molecule has 0 spiro atoms. The van der Waals surface area contributed by atoms with Gasteiger partial charge in [-0.15, -0.1) is 0 Å². The molecule has 0 radical (unpaired) electrons. The molecule has 0 heterocycles. The quantitative estimate of drug-likeness (QED) is 0.634. The number of nitrogens with two attached hydrogens (primary N) is 1. The maximum Gasteiger partial charge on any atom is 0.242 e. The van der Waals surface area contributed by atoms with Gasteiger partial charge in [-0.25, -0.2) is 17.5 Å². The van der Waals surface area contributed by atoms with Crippen molar-refractivity contribution in [3.05, 3.63) is 36.2 Å². The summed E-state index contributed by atoms with van der Waals surface area (Å²) in [7, 11) is -3.75. The molecule has 1 aliphatic rings. The summed E-state index contributed by atoms with van der Waals surface area (Å²) >= 11 is 0. The summed E-state index contributed by atoms with van der Waals surface area (Å²) in [6.07, 6.45) is 5.10. The van der Waals surface area contributed by atoms with Gasteiger partial charge in [-0.3, -0.25) is 0 Å². The monoisotopic (exact) mass is 256 g/mol. The van der Waals surface area contributed by atoms with Gasteiger partial charge in [0.2, 0.25) is 10.0 Å². The van der Waals surface area contributed by atoms with E-state index in [9.17, 15) is 12.8 Å². The third kappa shape index (κ3) is 2.65. The van der Waals surface area contributed by atoms with E-state index in [4.69, 9.17) is 5.73 Å². The van der Waals surface area contributed by atoms with E-state index in [1.54, 1.807) is 0 Å². The van der Waals surface area contributed by atoms with E-state index >= 15 is 0 Å². The molecular formula is C11H13FN2O2S. The number of nitrogen functional groups attached to an aromatic ring is 1. The smallest absolute Gasteiger partial charge is 0.242 e. The van der Waals surface area contributed by atoms with Crippen LogP contribution in [0.4, 0.5) is 10.1 Å². The molecule has 6 heteroatoms. The molecule has 92 valence electrons. The van der Waals surface area contributed by atoms with Crippen LogP contribution >= 0.6 is 0 Å². The molecule has 2 rings (SSSR count). The van der Waals surface area contributed by atoms with Gasteiger partial charge in [-0.05, 0) is 31.0 Å². The molecule has 0 amide bonds. The Hall–Kier alpha value is -1.40. The number of hydrogen-bond donors (Lipinski definition) is 2. The fraction of sp³-hybridized carbons (Fsp3) is 0.273. The van der Waals surface area contributed by atoms with E-state index < -0.39 is 15.8 Å². The summed E-state index contributed by atoms with van der Waals surface area (Å²) in [5, 5.41) is 0. The highest BCUT2D eigenvalue weighted by atomic mass is 32.2. The molecule has 0 saturated carbocycles. The molecule has 0 atom stereocenters. The maximum atomic E-state index is 13.0. The van der Waals surface area contributed by atoms with Gasteiger partial charge in [0, 0.05) is 6.04 Å². The van der Waals surface area contributed by atoms with Gasteiger partial charge < -0.3 is 5.73 Å². The molecule has 0 aliphatic heterocycles. The minimum absolute atomic E-state index is 0.0462. The van der Waals surface area contributed by atoms with Crippen LogP contribution in [-0.2, 0) is 10.0 Å². The Balaban J connectivity index is 2.27. The highest BCUT2D eigenvalue weighted by Crippen LogP contribution is 2.21. The molecule has 0 aromatic heterocycles. The first kappa shape index (κ1) is 12.1. The van der Waals surface area contributed by atoms with Crippen molar-refractivity contribution in [2.24, 2.45) is 0 Å². The van der Waals surface area contributed by atoms with Crippen molar-refractivity contribution in [2.45, 2.75) is 23.8 Å². The second-order valence-electron chi connectivity index (χ2n) is 3.94. The van der Waals surface area contributed by atoms with Crippen molar-refractivity contribution in [1.29, 1.82) is 0 Å². The number of hydrogen-bond acceptors (Lipinski definition) is 3. The van der Waals surface area contributed by atoms with Gasteiger partial charge >= 0.3 is 0 Å². The van der Waals surface area contributed by atoms with Crippen molar-refractivity contribution in [2.75, 3.05) is 5.73 Å². The SMILES string of the molecule is Nc1ccc(F)cc1S(=O)(=O)NC1CC=CC1. The lowest BCUT2D eigenvalue weighted by atomic mass is 10.3.